The zero-order valence-electron chi connectivity index (χ0n) is 9.84. The van der Waals surface area contributed by atoms with Gasteiger partial charge in [0.25, 0.3) is 0 Å². The number of rotatable bonds is 5. The fourth-order valence-electron chi connectivity index (χ4n) is 1.44. The van der Waals surface area contributed by atoms with Crippen LogP contribution in [0.15, 0.2) is 24.3 Å². The second kappa shape index (κ2) is 6.11. The van der Waals surface area contributed by atoms with Crippen molar-refractivity contribution < 1.29 is 24.2 Å². The van der Waals surface area contributed by atoms with Gasteiger partial charge in [-0.25, -0.2) is 4.39 Å². The first-order valence-corrected chi connectivity index (χ1v) is 5.29. The third-order valence-corrected chi connectivity index (χ3v) is 2.40. The lowest BCUT2D eigenvalue weighted by Gasteiger charge is -2.17. The molecule has 0 radical (unpaired) electrons. The van der Waals surface area contributed by atoms with Crippen LogP contribution in [0.1, 0.15) is 18.1 Å². The van der Waals surface area contributed by atoms with Crippen molar-refractivity contribution in [1.29, 1.82) is 0 Å². The Hall–Kier alpha value is -1.95. The number of hydrogen-bond donors (Lipinski definition) is 2. The first-order valence-electron chi connectivity index (χ1n) is 5.29. The average Bonchev–Trinajstić information content (AvgIpc) is 2.27. The van der Waals surface area contributed by atoms with Crippen LogP contribution in [0, 0.1) is 5.82 Å². The van der Waals surface area contributed by atoms with Gasteiger partial charge in [-0.05, 0) is 17.7 Å². The molecule has 0 bridgehead atoms. The summed E-state index contributed by atoms with van der Waals surface area (Å²) in [7, 11) is 1.33. The third kappa shape index (κ3) is 4.14. The molecular formula is C12H14FNO4. The number of carbonyl (C=O) groups is 2. The number of halogens is 1. The molecule has 6 heteroatoms. The molecule has 1 unspecified atom stereocenters. The quantitative estimate of drug-likeness (QED) is 0.815. The van der Waals surface area contributed by atoms with E-state index in [1.807, 2.05) is 0 Å². The summed E-state index contributed by atoms with van der Waals surface area (Å²) in [5.41, 5.74) is 0.284. The Morgan fingerprint density at radius 1 is 1.44 bits per heavy atom. The monoisotopic (exact) mass is 255 g/mol. The van der Waals surface area contributed by atoms with Crippen molar-refractivity contribution in [3.63, 3.8) is 0 Å². The lowest BCUT2D eigenvalue weighted by Crippen LogP contribution is -2.32. The largest absolute Gasteiger partial charge is 0.480 e. The lowest BCUT2D eigenvalue weighted by atomic mass is 10.1. The molecule has 1 rings (SSSR count). The first-order chi connectivity index (χ1) is 8.40. The number of aliphatic hydroxyl groups is 1. The fourth-order valence-corrected chi connectivity index (χ4v) is 1.44. The maximum atomic E-state index is 12.9. The van der Waals surface area contributed by atoms with Crippen LogP contribution in [0.5, 0.6) is 0 Å². The first kappa shape index (κ1) is 14.1. The van der Waals surface area contributed by atoms with Gasteiger partial charge in [0.05, 0.1) is 12.5 Å². The van der Waals surface area contributed by atoms with Crippen LogP contribution in [0.3, 0.4) is 0 Å². The van der Waals surface area contributed by atoms with Crippen LogP contribution in [-0.4, -0.2) is 40.6 Å². The van der Waals surface area contributed by atoms with E-state index < -0.39 is 30.3 Å². The summed E-state index contributed by atoms with van der Waals surface area (Å²) in [6, 6.07) is 5.29. The number of carbonyl (C=O) groups excluding carboxylic acids is 1. The highest BCUT2D eigenvalue weighted by atomic mass is 19.1. The molecule has 0 aliphatic carbocycles. The highest BCUT2D eigenvalue weighted by Gasteiger charge is 2.18. The van der Waals surface area contributed by atoms with E-state index in [2.05, 4.69) is 0 Å². The molecule has 0 saturated carbocycles. The molecule has 2 N–H and O–H groups in total. The molecule has 0 aliphatic heterocycles. The van der Waals surface area contributed by atoms with E-state index in [-0.39, 0.29) is 12.0 Å². The van der Waals surface area contributed by atoms with E-state index >= 15 is 0 Å². The Balaban J connectivity index is 2.62. The van der Waals surface area contributed by atoms with Crippen LogP contribution in [0.4, 0.5) is 4.39 Å². The summed E-state index contributed by atoms with van der Waals surface area (Å²) in [5, 5.41) is 18.3. The van der Waals surface area contributed by atoms with Crippen LogP contribution < -0.4 is 0 Å². The number of nitrogens with zero attached hydrogens (tertiary/aromatic N) is 1. The van der Waals surface area contributed by atoms with Crippen LogP contribution in [-0.2, 0) is 9.59 Å². The predicted octanol–water partition coefficient (Wildman–Crippen LogP) is 0.792. The minimum absolute atomic E-state index is 0.284. The number of hydrogen-bond acceptors (Lipinski definition) is 3. The Bertz CT molecular complexity index is 449. The van der Waals surface area contributed by atoms with Gasteiger partial charge in [0.2, 0.25) is 5.91 Å². The molecular weight excluding hydrogens is 241 g/mol. The standard InChI is InChI=1S/C12H14FNO4/c1-14(7-12(17)18)11(16)6-10(15)8-3-2-4-9(13)5-8/h2-5,10,15H,6-7H2,1H3,(H,17,18). The van der Waals surface area contributed by atoms with Crippen molar-refractivity contribution in [2.24, 2.45) is 0 Å². The SMILES string of the molecule is CN(CC(=O)O)C(=O)CC(O)c1cccc(F)c1. The minimum Gasteiger partial charge on any atom is -0.480 e. The highest BCUT2D eigenvalue weighted by Crippen LogP contribution is 2.18. The van der Waals surface area contributed by atoms with Crippen molar-refractivity contribution in [1.82, 2.24) is 4.90 Å². The van der Waals surface area contributed by atoms with Gasteiger partial charge >= 0.3 is 5.97 Å². The highest BCUT2D eigenvalue weighted by molar-refractivity contribution is 5.81. The molecule has 0 spiro atoms. The molecule has 5 nitrogen and oxygen atoms in total. The zero-order chi connectivity index (χ0) is 13.7. The van der Waals surface area contributed by atoms with Crippen molar-refractivity contribution in [2.45, 2.75) is 12.5 Å². The zero-order valence-corrected chi connectivity index (χ0v) is 9.84. The maximum absolute atomic E-state index is 12.9. The summed E-state index contributed by atoms with van der Waals surface area (Å²) in [5.74, 6) is -2.15. The van der Waals surface area contributed by atoms with E-state index in [9.17, 15) is 19.1 Å². The van der Waals surface area contributed by atoms with Gasteiger partial charge in [0, 0.05) is 7.05 Å². The molecule has 1 atom stereocenters. The number of carboxylic acid groups (broad SMARTS) is 1. The van der Waals surface area contributed by atoms with Gasteiger partial charge in [-0.1, -0.05) is 12.1 Å². The summed E-state index contributed by atoms with van der Waals surface area (Å²) in [6.45, 7) is -0.436. The minimum atomic E-state index is -1.15. The van der Waals surface area contributed by atoms with Gasteiger partial charge in [0.15, 0.2) is 0 Å². The average molecular weight is 255 g/mol. The number of carboxylic acids is 1. The van der Waals surface area contributed by atoms with E-state index in [0.717, 1.165) is 11.0 Å². The molecule has 1 aromatic rings. The van der Waals surface area contributed by atoms with Gasteiger partial charge in [0.1, 0.15) is 12.4 Å². The topological polar surface area (TPSA) is 77.8 Å². The van der Waals surface area contributed by atoms with Gasteiger partial charge in [-0.2, -0.15) is 0 Å². The maximum Gasteiger partial charge on any atom is 0.323 e. The molecule has 1 amide bonds. The molecule has 0 saturated heterocycles. The van der Waals surface area contributed by atoms with Gasteiger partial charge < -0.3 is 15.1 Å². The van der Waals surface area contributed by atoms with Crippen molar-refractivity contribution in [3.8, 4) is 0 Å². The number of aliphatic carboxylic acids is 1. The number of likely N-dealkylation sites (N-methyl/N-ethyl adjacent to an activating group) is 1. The van der Waals surface area contributed by atoms with Crippen LogP contribution in [0.2, 0.25) is 0 Å². The fraction of sp³-hybridized carbons (Fsp3) is 0.333. The number of benzene rings is 1. The Morgan fingerprint density at radius 3 is 2.67 bits per heavy atom. The van der Waals surface area contributed by atoms with E-state index in [1.54, 1.807) is 0 Å². The predicted molar refractivity (Wildman–Crippen MR) is 61.2 cm³/mol. The smallest absolute Gasteiger partial charge is 0.323 e. The normalized spacial score (nSPS) is 11.9. The van der Waals surface area contributed by atoms with Gasteiger partial charge in [-0.15, -0.1) is 0 Å². The molecule has 18 heavy (non-hydrogen) atoms. The molecule has 0 aromatic heterocycles. The molecule has 0 heterocycles. The molecule has 98 valence electrons. The summed E-state index contributed by atoms with van der Waals surface area (Å²) in [6.07, 6.45) is -1.43. The Morgan fingerprint density at radius 2 is 2.11 bits per heavy atom. The molecule has 0 aliphatic rings. The van der Waals surface area contributed by atoms with Gasteiger partial charge in [-0.3, -0.25) is 9.59 Å². The second-order valence-electron chi connectivity index (χ2n) is 3.92. The van der Waals surface area contributed by atoms with Crippen molar-refractivity contribution >= 4 is 11.9 Å². The number of aliphatic hydroxyl groups excluding tert-OH is 1. The Kier molecular flexibility index (Phi) is 4.79. The lowest BCUT2D eigenvalue weighted by molar-refractivity contribution is -0.144. The number of amides is 1. The third-order valence-electron chi connectivity index (χ3n) is 2.40. The van der Waals surface area contributed by atoms with Crippen LogP contribution in [0.25, 0.3) is 0 Å². The molecule has 0 fully saturated rings. The van der Waals surface area contributed by atoms with E-state index in [4.69, 9.17) is 5.11 Å². The van der Waals surface area contributed by atoms with Crippen LogP contribution >= 0.6 is 0 Å². The second-order valence-corrected chi connectivity index (χ2v) is 3.92. The van der Waals surface area contributed by atoms with Crippen molar-refractivity contribution in [3.05, 3.63) is 35.6 Å². The van der Waals surface area contributed by atoms with E-state index in [1.165, 1.54) is 25.2 Å². The van der Waals surface area contributed by atoms with Crippen molar-refractivity contribution in [2.75, 3.05) is 13.6 Å². The van der Waals surface area contributed by atoms with E-state index in [0.29, 0.717) is 0 Å². The summed E-state index contributed by atoms with van der Waals surface area (Å²) < 4.78 is 12.9. The summed E-state index contributed by atoms with van der Waals surface area (Å²) >= 11 is 0. The Labute approximate surface area is 103 Å². The molecule has 1 aromatic carbocycles. The summed E-state index contributed by atoms with van der Waals surface area (Å²) in [4.78, 5) is 23.0.